The van der Waals surface area contributed by atoms with Gasteiger partial charge in [-0.15, -0.1) is 0 Å². The van der Waals surface area contributed by atoms with Crippen LogP contribution in [0.1, 0.15) is 19.3 Å². The fourth-order valence-corrected chi connectivity index (χ4v) is 2.55. The molecule has 2 aliphatic heterocycles. The minimum atomic E-state index is 0.0521. The molecule has 104 valence electrons. The number of piperidine rings is 1. The van der Waals surface area contributed by atoms with Crippen LogP contribution in [0.15, 0.2) is 0 Å². The average molecular weight is 255 g/mol. The van der Waals surface area contributed by atoms with Crippen LogP contribution in [0.3, 0.4) is 0 Å². The van der Waals surface area contributed by atoms with Crippen LogP contribution in [0.5, 0.6) is 0 Å². The van der Waals surface area contributed by atoms with Gasteiger partial charge in [-0.3, -0.25) is 4.79 Å². The largest absolute Gasteiger partial charge is 0.375 e. The van der Waals surface area contributed by atoms with Gasteiger partial charge in [-0.2, -0.15) is 0 Å². The molecule has 2 heterocycles. The van der Waals surface area contributed by atoms with Crippen molar-refractivity contribution in [3.05, 3.63) is 0 Å². The van der Waals surface area contributed by atoms with Crippen molar-refractivity contribution in [3.63, 3.8) is 0 Å². The summed E-state index contributed by atoms with van der Waals surface area (Å²) >= 11 is 0. The molecule has 0 aliphatic carbocycles. The smallest absolute Gasteiger partial charge is 0.222 e. The van der Waals surface area contributed by atoms with E-state index in [-0.39, 0.29) is 12.0 Å². The SMILES string of the molecule is CN1CCC(CNC(=O)CC2CNCCO2)CC1. The molecule has 0 aromatic heterocycles. The predicted octanol–water partition coefficient (Wildman–Crippen LogP) is -0.177. The minimum Gasteiger partial charge on any atom is -0.375 e. The highest BCUT2D eigenvalue weighted by Crippen LogP contribution is 2.14. The molecular weight excluding hydrogens is 230 g/mol. The van der Waals surface area contributed by atoms with Crippen molar-refractivity contribution in [1.82, 2.24) is 15.5 Å². The average Bonchev–Trinajstić information content (AvgIpc) is 2.39. The van der Waals surface area contributed by atoms with E-state index >= 15 is 0 Å². The van der Waals surface area contributed by atoms with E-state index in [2.05, 4.69) is 22.6 Å². The van der Waals surface area contributed by atoms with E-state index < -0.39 is 0 Å². The molecule has 0 radical (unpaired) electrons. The molecule has 1 unspecified atom stereocenters. The number of ether oxygens (including phenoxy) is 1. The van der Waals surface area contributed by atoms with E-state index in [1.54, 1.807) is 0 Å². The molecule has 2 fully saturated rings. The third kappa shape index (κ3) is 4.55. The fraction of sp³-hybridized carbons (Fsp3) is 0.923. The van der Waals surface area contributed by atoms with Gasteiger partial charge in [-0.1, -0.05) is 0 Å². The van der Waals surface area contributed by atoms with Gasteiger partial charge >= 0.3 is 0 Å². The number of morpholine rings is 1. The second-order valence-corrected chi connectivity index (χ2v) is 5.45. The molecular formula is C13H25N3O2. The minimum absolute atomic E-state index is 0.0521. The van der Waals surface area contributed by atoms with Gasteiger partial charge in [-0.25, -0.2) is 0 Å². The number of hydrogen-bond acceptors (Lipinski definition) is 4. The normalized spacial score (nSPS) is 27.1. The summed E-state index contributed by atoms with van der Waals surface area (Å²) in [6.45, 7) is 5.53. The summed E-state index contributed by atoms with van der Waals surface area (Å²) in [5.74, 6) is 0.776. The van der Waals surface area contributed by atoms with E-state index in [1.807, 2.05) is 0 Å². The molecule has 5 nitrogen and oxygen atoms in total. The maximum absolute atomic E-state index is 11.8. The third-order valence-electron chi connectivity index (χ3n) is 3.84. The van der Waals surface area contributed by atoms with E-state index in [4.69, 9.17) is 4.74 Å². The Bertz CT molecular complexity index is 259. The van der Waals surface area contributed by atoms with E-state index in [1.165, 1.54) is 12.8 Å². The first kappa shape index (κ1) is 13.8. The van der Waals surface area contributed by atoms with Crippen LogP contribution in [-0.4, -0.2) is 63.3 Å². The van der Waals surface area contributed by atoms with E-state index in [0.717, 1.165) is 32.7 Å². The lowest BCUT2D eigenvalue weighted by Gasteiger charge is -2.29. The Balaban J connectivity index is 1.59. The van der Waals surface area contributed by atoms with Gasteiger partial charge in [0, 0.05) is 19.6 Å². The van der Waals surface area contributed by atoms with Gasteiger partial charge in [0.1, 0.15) is 0 Å². The van der Waals surface area contributed by atoms with Crippen LogP contribution in [0.25, 0.3) is 0 Å². The summed E-state index contributed by atoms with van der Waals surface area (Å²) in [5.41, 5.74) is 0. The Kier molecular flexibility index (Phi) is 5.41. The van der Waals surface area contributed by atoms with Crippen molar-refractivity contribution in [1.29, 1.82) is 0 Å². The molecule has 2 aliphatic rings. The Morgan fingerprint density at radius 2 is 2.22 bits per heavy atom. The van der Waals surface area contributed by atoms with Crippen LogP contribution in [0, 0.1) is 5.92 Å². The predicted molar refractivity (Wildman–Crippen MR) is 70.5 cm³/mol. The number of carbonyl (C=O) groups is 1. The fourth-order valence-electron chi connectivity index (χ4n) is 2.55. The summed E-state index contributed by atoms with van der Waals surface area (Å²) in [6, 6.07) is 0. The van der Waals surface area contributed by atoms with E-state index in [0.29, 0.717) is 18.9 Å². The van der Waals surface area contributed by atoms with Crippen molar-refractivity contribution in [3.8, 4) is 0 Å². The zero-order valence-corrected chi connectivity index (χ0v) is 11.3. The second kappa shape index (κ2) is 7.07. The molecule has 1 atom stereocenters. The standard InChI is InChI=1S/C13H25N3O2/c1-16-5-2-11(3-6-16)9-15-13(17)8-12-10-14-4-7-18-12/h11-12,14H,2-10H2,1H3,(H,15,17). The summed E-state index contributed by atoms with van der Waals surface area (Å²) in [5, 5.41) is 6.29. The maximum atomic E-state index is 11.8. The number of nitrogens with one attached hydrogen (secondary N) is 2. The van der Waals surface area contributed by atoms with Gasteiger partial charge < -0.3 is 20.3 Å². The first-order valence-corrected chi connectivity index (χ1v) is 7.01. The van der Waals surface area contributed by atoms with Gasteiger partial charge in [0.25, 0.3) is 0 Å². The Labute approximate surface area is 109 Å². The number of amides is 1. The lowest BCUT2D eigenvalue weighted by Crippen LogP contribution is -2.42. The van der Waals surface area contributed by atoms with Crippen LogP contribution in [0.4, 0.5) is 0 Å². The Morgan fingerprint density at radius 1 is 1.44 bits per heavy atom. The first-order chi connectivity index (χ1) is 8.74. The lowest BCUT2D eigenvalue weighted by molar-refractivity contribution is -0.124. The Morgan fingerprint density at radius 3 is 2.89 bits per heavy atom. The van der Waals surface area contributed by atoms with Crippen LogP contribution < -0.4 is 10.6 Å². The monoisotopic (exact) mass is 255 g/mol. The van der Waals surface area contributed by atoms with Gasteiger partial charge in [0.05, 0.1) is 19.1 Å². The summed E-state index contributed by atoms with van der Waals surface area (Å²) in [7, 11) is 2.15. The third-order valence-corrected chi connectivity index (χ3v) is 3.84. The highest BCUT2D eigenvalue weighted by Gasteiger charge is 2.20. The van der Waals surface area contributed by atoms with Crippen LogP contribution in [-0.2, 0) is 9.53 Å². The van der Waals surface area contributed by atoms with Crippen molar-refractivity contribution in [2.75, 3.05) is 46.4 Å². The molecule has 0 bridgehead atoms. The highest BCUT2D eigenvalue weighted by molar-refractivity contribution is 5.76. The van der Waals surface area contributed by atoms with E-state index in [9.17, 15) is 4.79 Å². The van der Waals surface area contributed by atoms with Gasteiger partial charge in [0.15, 0.2) is 0 Å². The molecule has 0 spiro atoms. The van der Waals surface area contributed by atoms with Crippen molar-refractivity contribution < 1.29 is 9.53 Å². The molecule has 5 heteroatoms. The zero-order chi connectivity index (χ0) is 12.8. The molecule has 1 amide bonds. The van der Waals surface area contributed by atoms with Crippen LogP contribution >= 0.6 is 0 Å². The molecule has 0 aromatic carbocycles. The molecule has 0 saturated carbocycles. The Hall–Kier alpha value is -0.650. The second-order valence-electron chi connectivity index (χ2n) is 5.45. The van der Waals surface area contributed by atoms with Crippen molar-refractivity contribution >= 4 is 5.91 Å². The summed E-state index contributed by atoms with van der Waals surface area (Å²) in [4.78, 5) is 14.1. The summed E-state index contributed by atoms with van der Waals surface area (Å²) < 4.78 is 5.52. The van der Waals surface area contributed by atoms with Gasteiger partial charge in [0.2, 0.25) is 5.91 Å². The number of hydrogen-bond donors (Lipinski definition) is 2. The molecule has 0 aromatic rings. The number of likely N-dealkylation sites (tertiary alicyclic amines) is 1. The highest BCUT2D eigenvalue weighted by atomic mass is 16.5. The van der Waals surface area contributed by atoms with Crippen LogP contribution in [0.2, 0.25) is 0 Å². The van der Waals surface area contributed by atoms with Crippen molar-refractivity contribution in [2.24, 2.45) is 5.92 Å². The lowest BCUT2D eigenvalue weighted by atomic mass is 9.97. The molecule has 2 N–H and O–H groups in total. The topological polar surface area (TPSA) is 53.6 Å². The zero-order valence-electron chi connectivity index (χ0n) is 11.3. The molecule has 2 saturated heterocycles. The molecule has 2 rings (SSSR count). The van der Waals surface area contributed by atoms with Gasteiger partial charge in [-0.05, 0) is 38.9 Å². The summed E-state index contributed by atoms with van der Waals surface area (Å²) in [6.07, 6.45) is 2.92. The number of nitrogens with zero attached hydrogens (tertiary/aromatic N) is 1. The number of rotatable bonds is 4. The first-order valence-electron chi connectivity index (χ1n) is 7.01. The molecule has 18 heavy (non-hydrogen) atoms. The van der Waals surface area contributed by atoms with Crippen molar-refractivity contribution in [2.45, 2.75) is 25.4 Å². The quantitative estimate of drug-likeness (QED) is 0.732. The maximum Gasteiger partial charge on any atom is 0.222 e. The number of carbonyl (C=O) groups excluding carboxylic acids is 1.